The molecule has 19 rings (SSSR count). The third kappa shape index (κ3) is 20.0. The molecule has 2 saturated carbocycles. The summed E-state index contributed by atoms with van der Waals surface area (Å²) in [5.74, 6) is -8.95. The summed E-state index contributed by atoms with van der Waals surface area (Å²) in [5, 5.41) is 31.0. The minimum atomic E-state index is -4.52. The average molecular weight is 1830 g/mol. The van der Waals surface area contributed by atoms with Gasteiger partial charge in [0.25, 0.3) is 11.8 Å². The monoisotopic (exact) mass is 1830 g/mol. The first kappa shape index (κ1) is 90.4. The average Bonchev–Trinajstić information content (AvgIpc) is 1.63. The maximum atomic E-state index is 14.0. The maximum Gasteiger partial charge on any atom is 0.411 e. The van der Waals surface area contributed by atoms with Gasteiger partial charge in [0.15, 0.2) is 52.3 Å². The number of nitrogens with zero attached hydrogens (tertiary/aromatic N) is 16. The fourth-order valence-electron chi connectivity index (χ4n) is 16.6. The van der Waals surface area contributed by atoms with E-state index in [1.165, 1.54) is 75.5 Å². The van der Waals surface area contributed by atoms with Gasteiger partial charge in [0.1, 0.15) is 81.7 Å². The van der Waals surface area contributed by atoms with Gasteiger partial charge in [-0.15, -0.1) is 0 Å². The Morgan fingerprint density at radius 2 is 0.969 bits per heavy atom. The fourth-order valence-corrected chi connectivity index (χ4v) is 16.6. The van der Waals surface area contributed by atoms with Crippen LogP contribution in [0.3, 0.4) is 0 Å². The third-order valence-electron chi connectivity index (χ3n) is 23.9. The number of aryl methyl sites for hydroxylation is 1. The molecule has 131 heavy (non-hydrogen) atoms. The number of anilines is 12. The van der Waals surface area contributed by atoms with Crippen molar-refractivity contribution in [2.75, 3.05) is 126 Å². The number of alkyl halides is 8. The van der Waals surface area contributed by atoms with Crippen molar-refractivity contribution in [3.05, 3.63) is 198 Å². The lowest BCUT2D eigenvalue weighted by Gasteiger charge is -2.35. The minimum absolute atomic E-state index is 0.0663. The number of amides is 9. The molecular weight excluding hydrogens is 1740 g/mol. The lowest BCUT2D eigenvalue weighted by Crippen LogP contribution is -2.49. The van der Waals surface area contributed by atoms with Crippen LogP contribution in [0.25, 0.3) is 0 Å². The van der Waals surface area contributed by atoms with E-state index in [-0.39, 0.29) is 121 Å². The first-order valence-electron chi connectivity index (χ1n) is 41.9. The van der Waals surface area contributed by atoms with E-state index in [4.69, 9.17) is 9.84 Å². The zero-order valence-corrected chi connectivity index (χ0v) is 69.5. The van der Waals surface area contributed by atoms with Gasteiger partial charge in [-0.1, -0.05) is 25.1 Å². The fraction of sp³-hybridized carbons (Fsp3) is 0.379. The molecule has 1 aromatic carbocycles. The molecule has 44 heteroatoms. The number of urea groups is 4. The second-order valence-electron chi connectivity index (χ2n) is 32.9. The normalized spacial score (nSPS) is 19.5. The molecule has 8 aliphatic heterocycles. The van der Waals surface area contributed by atoms with Crippen molar-refractivity contribution in [2.24, 2.45) is 11.8 Å². The lowest BCUT2D eigenvalue weighted by molar-refractivity contribution is -0.168. The molecular formula is C87H83F12N21O11. The number of halogens is 12. The predicted octanol–water partition coefficient (Wildman–Crippen LogP) is 13.4. The number of ketones is 3. The Bertz CT molecular complexity index is 5880. The highest BCUT2D eigenvalue weighted by molar-refractivity contribution is 6.09. The van der Waals surface area contributed by atoms with Gasteiger partial charge in [-0.25, -0.2) is 85.4 Å². The number of Topliss-reactive ketones (excluding diaryl/α,β-unsaturated/α-hetero) is 3. The maximum absolute atomic E-state index is 14.0. The lowest BCUT2D eigenvalue weighted by atomic mass is 10.0. The number of ether oxygens (including phenoxy) is 1. The summed E-state index contributed by atoms with van der Waals surface area (Å²) in [6.07, 6.45) is -3.50. The Labute approximate surface area is 737 Å². The number of rotatable bonds is 20. The molecule has 686 valence electrons. The molecule has 7 N–H and O–H groups in total. The third-order valence-corrected chi connectivity index (χ3v) is 23.9. The number of aliphatic hydroxyl groups is 2. The van der Waals surface area contributed by atoms with E-state index in [0.29, 0.717) is 98.3 Å². The molecule has 0 radical (unpaired) electrons. The Kier molecular flexibility index (Phi) is 25.5. The van der Waals surface area contributed by atoms with Gasteiger partial charge in [-0.2, -0.15) is 26.3 Å². The van der Waals surface area contributed by atoms with E-state index in [2.05, 4.69) is 81.2 Å². The number of aromatic nitrogens is 8. The highest BCUT2D eigenvalue weighted by atomic mass is 19.4. The van der Waals surface area contributed by atoms with E-state index in [9.17, 15) is 96.1 Å². The minimum Gasteiger partial charge on any atom is -0.491 e. The van der Waals surface area contributed by atoms with Crippen LogP contribution < -0.4 is 70.5 Å². The van der Waals surface area contributed by atoms with Crippen LogP contribution in [-0.2, 0) is 6.42 Å². The summed E-state index contributed by atoms with van der Waals surface area (Å²) in [6.45, 7) is 5.59. The molecule has 32 nitrogen and oxygen atoms in total. The van der Waals surface area contributed by atoms with Gasteiger partial charge >= 0.3 is 36.5 Å². The molecule has 4 saturated heterocycles. The van der Waals surface area contributed by atoms with Crippen LogP contribution in [0.15, 0.2) is 146 Å². The summed E-state index contributed by atoms with van der Waals surface area (Å²) in [7, 11) is 0. The molecule has 9 amide bonds. The predicted molar refractivity (Wildman–Crippen MR) is 452 cm³/mol. The van der Waals surface area contributed by atoms with Crippen LogP contribution in [-0.4, -0.2) is 217 Å². The molecule has 0 spiro atoms. The largest absolute Gasteiger partial charge is 0.491 e. The highest BCUT2D eigenvalue weighted by Crippen LogP contribution is 2.52. The van der Waals surface area contributed by atoms with Gasteiger partial charge in [-0.3, -0.25) is 60.0 Å². The van der Waals surface area contributed by atoms with Crippen molar-refractivity contribution < 1.29 is 106 Å². The first-order chi connectivity index (χ1) is 62.5. The summed E-state index contributed by atoms with van der Waals surface area (Å²) in [6, 6.07) is 27.1. The van der Waals surface area contributed by atoms with E-state index in [1.54, 1.807) is 65.7 Å². The summed E-state index contributed by atoms with van der Waals surface area (Å²) < 4.78 is 163. The number of aliphatic hydroxyl groups excluding tert-OH is 2. The van der Waals surface area contributed by atoms with Gasteiger partial charge in [-0.05, 0) is 142 Å². The van der Waals surface area contributed by atoms with Crippen LogP contribution in [0.2, 0.25) is 0 Å². The molecule has 16 heterocycles. The van der Waals surface area contributed by atoms with Crippen LogP contribution in [0.4, 0.5) is 141 Å². The van der Waals surface area contributed by atoms with Crippen LogP contribution in [0.1, 0.15) is 119 Å². The Morgan fingerprint density at radius 1 is 0.511 bits per heavy atom. The Hall–Kier alpha value is -13.9. The number of hydrogen-bond acceptors (Lipinski definition) is 23. The number of carbonyl (C=O) groups excluding carboxylic acids is 8. The molecule has 9 aromatic rings. The van der Waals surface area contributed by atoms with Crippen LogP contribution in [0, 0.1) is 35.1 Å². The number of fused-ring (bicyclic) bond motifs is 16. The van der Waals surface area contributed by atoms with E-state index < -0.39 is 120 Å². The van der Waals surface area contributed by atoms with Crippen molar-refractivity contribution in [2.45, 2.75) is 132 Å². The number of carbonyl (C=O) groups is 8. The van der Waals surface area contributed by atoms with Gasteiger partial charge in [0.2, 0.25) is 0 Å². The summed E-state index contributed by atoms with van der Waals surface area (Å²) >= 11 is 0. The SMILES string of the molecule is C[C@@H](CC(=O)c1ccc2c(n1)N(C(=O)Nc1ncc(F)cc1F)[C@H]1CCN2C1)C(F)(F)F.O=C(CCc1ccc(F)cc1)c1ccc2c(n1)N(C(=O)Nc1cc(OC[C@H](O)CO)ccn1)[C@H]1CCN2C1.O=C(C[C@@H]1CC1(F)F)c1ccc2c(n1)N(C(=O)Nc1ccc(F)cn1)[C@H]1CCN2C1.O=C(NC1(C(F)(F)F)CC1)c1ccc2c(n1)N(C(=O)Nc1ccccn1)[C@H]1CCN2C1. The molecule has 8 aromatic heterocycles. The van der Waals surface area contributed by atoms with Crippen LogP contribution in [0.5, 0.6) is 5.75 Å². The quantitative estimate of drug-likeness (QED) is 0.0275. The molecule has 7 atom stereocenters. The van der Waals surface area contributed by atoms with Crippen molar-refractivity contribution in [3.8, 4) is 5.75 Å². The van der Waals surface area contributed by atoms with E-state index in [0.717, 1.165) is 63.0 Å². The van der Waals surface area contributed by atoms with Crippen molar-refractivity contribution >= 4 is 117 Å². The zero-order valence-electron chi connectivity index (χ0n) is 69.5. The summed E-state index contributed by atoms with van der Waals surface area (Å²) in [5.41, 5.74) is 1.33. The van der Waals surface area contributed by atoms with E-state index in [1.807, 2.05) is 11.0 Å². The standard InChI is InChI=1S/C27H28FN5O5.C20H18F5N5O2.C20H19F3N6O2.C20H18F3N5O2/c28-18-4-1-17(2-5-18)3-8-24(36)22-6-7-23-26(30-22)33(19-10-12-32(23)14-19)27(37)31-25-13-21(9-11-29-25)38-16-20(35)15-34;1-10(20(23,24)25)6-16(31)14-2-3-15-18(27-14)30(12-4-5-29(15)9-12)19(32)28-17-13(22)7-11(21)8-26-17;21-20(22,23)19(7-8-19)27-17(30)13-4-5-14-16(25-13)29(12-6-10-28(14)11-12)18(31)26-15-3-1-2-9-24-15;21-12-1-4-17(24-9-12)26-19(30)28-13-5-6-27(10-13)15-3-2-14(25-18(15)28)16(29)7-11-8-20(11,22)23/h1-2,4-7,9,11,13,19-20,34-35H,3,8,10,12,14-16H2,(H,29,31,37);2-3,7-8,10,12H,4-6,9H2,1H3,(H,26,28,32);1-5,9,12H,6-8,10-11H2,(H,27,30)(H,24,26,31);1-4,9,11,13H,5-8,10H2,(H,24,26,30)/t19-,20+;10-,12-;12-;11-,13+/m0001/s1. The molecule has 2 aliphatic carbocycles. The first-order valence-corrected chi connectivity index (χ1v) is 41.9. The van der Waals surface area contributed by atoms with Crippen molar-refractivity contribution in [3.63, 3.8) is 0 Å². The van der Waals surface area contributed by atoms with Gasteiger partial charge in [0.05, 0.1) is 71.8 Å². The zero-order chi connectivity index (χ0) is 92.7. The number of nitrogens with one attached hydrogen (secondary N) is 5. The van der Waals surface area contributed by atoms with Gasteiger partial charge in [0, 0.05) is 108 Å². The van der Waals surface area contributed by atoms with Crippen molar-refractivity contribution in [1.29, 1.82) is 0 Å². The second-order valence-corrected chi connectivity index (χ2v) is 32.9. The van der Waals surface area contributed by atoms with Crippen molar-refractivity contribution in [1.82, 2.24) is 45.2 Å². The number of benzene rings is 1. The molecule has 10 aliphatic rings. The molecule has 6 fully saturated rings. The smallest absolute Gasteiger partial charge is 0.411 e. The molecule has 8 bridgehead atoms. The highest BCUT2D eigenvalue weighted by Gasteiger charge is 2.65. The summed E-state index contributed by atoms with van der Waals surface area (Å²) in [4.78, 5) is 150. The molecule has 0 unspecified atom stereocenters. The van der Waals surface area contributed by atoms with Gasteiger partial charge < -0.3 is 39.9 Å². The number of hydrogen-bond donors (Lipinski definition) is 7. The Balaban J connectivity index is 0.000000128. The Morgan fingerprint density at radius 3 is 1.43 bits per heavy atom. The second kappa shape index (κ2) is 36.9. The van der Waals surface area contributed by atoms with Crippen LogP contribution >= 0.6 is 0 Å². The number of pyridine rings is 8. The van der Waals surface area contributed by atoms with E-state index >= 15 is 0 Å². The topological polar surface area (TPSA) is 375 Å².